The minimum atomic E-state index is -0.889. The van der Waals surface area contributed by atoms with Gasteiger partial charge in [0.15, 0.2) is 0 Å². The highest BCUT2D eigenvalue weighted by atomic mass is 16.9. The summed E-state index contributed by atoms with van der Waals surface area (Å²) in [6.07, 6.45) is 0.420. The lowest BCUT2D eigenvalue weighted by molar-refractivity contribution is -0.142. The molecule has 2 atom stereocenters. The second kappa shape index (κ2) is 3.98. The molecule has 0 amide bonds. The number of rotatable bonds is 4. The van der Waals surface area contributed by atoms with Gasteiger partial charge in [-0.05, 0) is 12.1 Å². The fourth-order valence-electron chi connectivity index (χ4n) is 1.26. The van der Waals surface area contributed by atoms with Gasteiger partial charge in [-0.2, -0.15) is 0 Å². The molecule has 4 nitrogen and oxygen atoms in total. The van der Waals surface area contributed by atoms with E-state index in [9.17, 15) is 4.79 Å². The van der Waals surface area contributed by atoms with Crippen molar-refractivity contribution in [3.05, 3.63) is 43.0 Å². The Labute approximate surface area is 93.4 Å². The predicted molar refractivity (Wildman–Crippen MR) is 56.6 cm³/mol. The summed E-state index contributed by atoms with van der Waals surface area (Å²) >= 11 is 0. The van der Waals surface area contributed by atoms with Crippen LogP contribution in [-0.2, 0) is 14.3 Å². The molecule has 0 spiro atoms. The summed E-state index contributed by atoms with van der Waals surface area (Å²) in [4.78, 5) is 10.9. The van der Waals surface area contributed by atoms with E-state index >= 15 is 0 Å². The predicted octanol–water partition coefficient (Wildman–Crippen LogP) is 1.87. The van der Waals surface area contributed by atoms with Gasteiger partial charge >= 0.3 is 5.97 Å². The number of benzene rings is 1. The van der Waals surface area contributed by atoms with Crippen LogP contribution in [0.5, 0.6) is 5.75 Å². The lowest BCUT2D eigenvalue weighted by Crippen LogP contribution is -2.21. The van der Waals surface area contributed by atoms with Crippen LogP contribution in [0.1, 0.15) is 6.92 Å². The lowest BCUT2D eigenvalue weighted by Gasteiger charge is -2.09. The first-order valence-corrected chi connectivity index (χ1v) is 4.89. The molecule has 0 bridgehead atoms. The summed E-state index contributed by atoms with van der Waals surface area (Å²) in [6, 6.07) is 9.20. The van der Waals surface area contributed by atoms with Crippen LogP contribution in [0, 0.1) is 0 Å². The van der Waals surface area contributed by atoms with E-state index in [1.165, 1.54) is 0 Å². The Morgan fingerprint density at radius 2 is 2.19 bits per heavy atom. The van der Waals surface area contributed by atoms with Crippen molar-refractivity contribution in [2.45, 2.75) is 19.0 Å². The van der Waals surface area contributed by atoms with E-state index in [0.29, 0.717) is 5.75 Å². The number of carbonyl (C=O) groups excluding carboxylic acids is 1. The van der Waals surface area contributed by atoms with Gasteiger partial charge in [0.2, 0.25) is 0 Å². The highest BCUT2D eigenvalue weighted by molar-refractivity contribution is 5.81. The van der Waals surface area contributed by atoms with Gasteiger partial charge in [-0.3, -0.25) is 4.74 Å². The van der Waals surface area contributed by atoms with Crippen molar-refractivity contribution in [2.75, 3.05) is 0 Å². The SMILES string of the molecule is C=CC(=O)OC1OC1(C)Oc1ccccc1. The van der Waals surface area contributed by atoms with Gasteiger partial charge in [0, 0.05) is 13.0 Å². The Hall–Kier alpha value is -1.81. The molecule has 1 aliphatic heterocycles. The molecule has 4 heteroatoms. The van der Waals surface area contributed by atoms with Crippen LogP contribution in [0.15, 0.2) is 43.0 Å². The van der Waals surface area contributed by atoms with Crippen molar-refractivity contribution in [1.82, 2.24) is 0 Å². The summed E-state index contributed by atoms with van der Waals surface area (Å²) in [5, 5.41) is 0. The maximum Gasteiger partial charge on any atom is 0.332 e. The van der Waals surface area contributed by atoms with Crippen LogP contribution in [0.2, 0.25) is 0 Å². The first-order chi connectivity index (χ1) is 7.64. The first kappa shape index (κ1) is 10.7. The molecule has 1 aromatic rings. The third kappa shape index (κ3) is 2.23. The Morgan fingerprint density at radius 1 is 1.50 bits per heavy atom. The summed E-state index contributed by atoms with van der Waals surface area (Å²) in [5.74, 6) is -0.743. The number of esters is 1. The van der Waals surface area contributed by atoms with Crippen molar-refractivity contribution in [3.8, 4) is 5.75 Å². The molecule has 1 heterocycles. The van der Waals surface area contributed by atoms with Crippen molar-refractivity contribution in [1.29, 1.82) is 0 Å². The quantitative estimate of drug-likeness (QED) is 0.441. The van der Waals surface area contributed by atoms with Gasteiger partial charge in [0.25, 0.3) is 12.1 Å². The van der Waals surface area contributed by atoms with Crippen molar-refractivity contribution >= 4 is 5.97 Å². The van der Waals surface area contributed by atoms with Crippen LogP contribution < -0.4 is 4.74 Å². The third-order valence-electron chi connectivity index (χ3n) is 2.17. The lowest BCUT2D eigenvalue weighted by atomic mass is 10.3. The fourth-order valence-corrected chi connectivity index (χ4v) is 1.26. The van der Waals surface area contributed by atoms with Crippen molar-refractivity contribution < 1.29 is 19.0 Å². The molecule has 0 radical (unpaired) electrons. The van der Waals surface area contributed by atoms with E-state index in [1.54, 1.807) is 19.1 Å². The van der Waals surface area contributed by atoms with Gasteiger partial charge in [0.1, 0.15) is 5.75 Å². The number of hydrogen-bond acceptors (Lipinski definition) is 4. The third-order valence-corrected chi connectivity index (χ3v) is 2.17. The molecule has 84 valence electrons. The molecule has 16 heavy (non-hydrogen) atoms. The van der Waals surface area contributed by atoms with Crippen LogP contribution in [0.3, 0.4) is 0 Å². The zero-order chi connectivity index (χ0) is 11.6. The highest BCUT2D eigenvalue weighted by Gasteiger charge is 2.59. The average molecular weight is 220 g/mol. The molecular weight excluding hydrogens is 208 g/mol. The van der Waals surface area contributed by atoms with E-state index in [1.807, 2.05) is 18.2 Å². The normalized spacial score (nSPS) is 26.9. The largest absolute Gasteiger partial charge is 0.456 e. The number of para-hydroxylation sites is 1. The zero-order valence-electron chi connectivity index (χ0n) is 8.88. The summed E-state index contributed by atoms with van der Waals surface area (Å²) < 4.78 is 15.6. The van der Waals surface area contributed by atoms with E-state index in [4.69, 9.17) is 14.2 Å². The smallest absolute Gasteiger partial charge is 0.332 e. The molecule has 0 aromatic heterocycles. The zero-order valence-corrected chi connectivity index (χ0v) is 8.88. The Balaban J connectivity index is 1.93. The molecule has 0 aliphatic carbocycles. The van der Waals surface area contributed by atoms with Crippen molar-refractivity contribution in [3.63, 3.8) is 0 Å². The Kier molecular flexibility index (Phi) is 2.66. The second-order valence-electron chi connectivity index (χ2n) is 3.52. The first-order valence-electron chi connectivity index (χ1n) is 4.89. The summed E-state index contributed by atoms with van der Waals surface area (Å²) in [7, 11) is 0. The average Bonchev–Trinajstić information content (AvgIpc) is 2.89. The van der Waals surface area contributed by atoms with E-state index in [2.05, 4.69) is 6.58 Å². The number of ether oxygens (including phenoxy) is 3. The molecule has 2 unspecified atom stereocenters. The maximum atomic E-state index is 10.9. The summed E-state index contributed by atoms with van der Waals surface area (Å²) in [6.45, 7) is 5.01. The molecule has 1 aromatic carbocycles. The molecule has 1 saturated heterocycles. The molecule has 1 aliphatic rings. The number of carbonyl (C=O) groups is 1. The van der Waals surface area contributed by atoms with Gasteiger partial charge in [-0.15, -0.1) is 0 Å². The fraction of sp³-hybridized carbons (Fsp3) is 0.250. The molecular formula is C12H12O4. The maximum absolute atomic E-state index is 10.9. The van der Waals surface area contributed by atoms with Gasteiger partial charge in [0.05, 0.1) is 0 Å². The monoisotopic (exact) mass is 220 g/mol. The number of epoxide rings is 1. The highest BCUT2D eigenvalue weighted by Crippen LogP contribution is 2.38. The topological polar surface area (TPSA) is 48.1 Å². The Morgan fingerprint density at radius 3 is 2.81 bits per heavy atom. The minimum Gasteiger partial charge on any atom is -0.456 e. The van der Waals surface area contributed by atoms with Gasteiger partial charge in [-0.25, -0.2) is 4.79 Å². The molecule has 2 rings (SSSR count). The number of hydrogen-bond donors (Lipinski definition) is 0. The standard InChI is InChI=1S/C12H12O4/c1-3-10(13)14-11-12(2,16-11)15-9-7-5-4-6-8-9/h3-8,11H,1H2,2H3. The van der Waals surface area contributed by atoms with Crippen LogP contribution in [-0.4, -0.2) is 18.0 Å². The molecule has 0 saturated carbocycles. The summed E-state index contributed by atoms with van der Waals surface area (Å²) in [5.41, 5.74) is 0. The molecule has 0 N–H and O–H groups in total. The van der Waals surface area contributed by atoms with E-state index < -0.39 is 18.0 Å². The van der Waals surface area contributed by atoms with E-state index in [0.717, 1.165) is 6.08 Å². The van der Waals surface area contributed by atoms with E-state index in [-0.39, 0.29) is 0 Å². The van der Waals surface area contributed by atoms with Crippen LogP contribution in [0.25, 0.3) is 0 Å². The molecule has 1 fully saturated rings. The second-order valence-corrected chi connectivity index (χ2v) is 3.52. The van der Waals surface area contributed by atoms with Gasteiger partial charge < -0.3 is 9.47 Å². The van der Waals surface area contributed by atoms with Crippen LogP contribution in [0.4, 0.5) is 0 Å². The minimum absolute atomic E-state index is 0.523. The van der Waals surface area contributed by atoms with Crippen LogP contribution >= 0.6 is 0 Å². The Bertz CT molecular complexity index is 401. The van der Waals surface area contributed by atoms with Crippen molar-refractivity contribution in [2.24, 2.45) is 0 Å². The van der Waals surface area contributed by atoms with Gasteiger partial charge in [-0.1, -0.05) is 24.8 Å².